The molecule has 0 unspecified atom stereocenters. The van der Waals surface area contributed by atoms with E-state index in [4.69, 9.17) is 4.52 Å². The monoisotopic (exact) mass is 308 g/mol. The number of carbonyl (C=O) groups excluding carboxylic acids is 1. The number of hydrogen-bond acceptors (Lipinski definition) is 4. The van der Waals surface area contributed by atoms with Crippen molar-refractivity contribution >= 4 is 21.8 Å². The van der Waals surface area contributed by atoms with Crippen LogP contribution in [0.25, 0.3) is 0 Å². The number of aromatic nitrogens is 1. The van der Waals surface area contributed by atoms with Crippen LogP contribution in [0, 0.1) is 4.91 Å². The third-order valence-electron chi connectivity index (χ3n) is 2.41. The molecule has 18 heavy (non-hydrogen) atoms. The van der Waals surface area contributed by atoms with Gasteiger partial charge in [-0.15, -0.1) is 4.91 Å². The zero-order valence-corrected chi connectivity index (χ0v) is 10.9. The number of hydrogen-bond donors (Lipinski definition) is 0. The van der Waals surface area contributed by atoms with Crippen molar-refractivity contribution in [1.82, 2.24) is 5.16 Å². The van der Waals surface area contributed by atoms with Gasteiger partial charge in [0.05, 0.1) is 0 Å². The van der Waals surface area contributed by atoms with Crippen LogP contribution in [0.1, 0.15) is 21.8 Å². The lowest BCUT2D eigenvalue weighted by atomic mass is 10.1. The van der Waals surface area contributed by atoms with Crippen LogP contribution in [0.2, 0.25) is 0 Å². The van der Waals surface area contributed by atoms with Gasteiger partial charge in [-0.25, -0.2) is 0 Å². The van der Waals surface area contributed by atoms with E-state index in [0.29, 0.717) is 12.2 Å². The van der Waals surface area contributed by atoms with Gasteiger partial charge in [0.2, 0.25) is 0 Å². The Bertz CT molecular complexity index is 580. The van der Waals surface area contributed by atoms with E-state index >= 15 is 0 Å². The summed E-state index contributed by atoms with van der Waals surface area (Å²) in [6, 6.07) is 9.35. The molecule has 1 amide bonds. The molecule has 0 radical (unpaired) electrons. The minimum absolute atomic E-state index is 0.0470. The van der Waals surface area contributed by atoms with E-state index in [9.17, 15) is 9.70 Å². The highest BCUT2D eigenvalue weighted by atomic mass is 79.9. The molecule has 5 nitrogen and oxygen atoms in total. The summed E-state index contributed by atoms with van der Waals surface area (Å²) < 4.78 is 5.97. The number of aryl methyl sites for hydroxylation is 2. The number of nitroso groups, excluding NO2 is 1. The average Bonchev–Trinajstić information content (AvgIpc) is 2.84. The third-order valence-corrected chi connectivity index (χ3v) is 2.90. The van der Waals surface area contributed by atoms with E-state index < -0.39 is 5.91 Å². The van der Waals surface area contributed by atoms with Gasteiger partial charge >= 0.3 is 5.91 Å². The van der Waals surface area contributed by atoms with E-state index in [2.05, 4.69) is 26.3 Å². The average molecular weight is 309 g/mol. The van der Waals surface area contributed by atoms with Gasteiger partial charge in [0, 0.05) is 22.1 Å². The standard InChI is InChI=1S/C12H9BrN2O3/c13-9-3-1-2-8(6-9)4-5-10-7-11(15-18-10)12(16)14-17/h1-3,6-7H,4-5H2. The lowest BCUT2D eigenvalue weighted by Gasteiger charge is -1.99. The molecular formula is C12H9BrN2O3. The predicted octanol–water partition coefficient (Wildman–Crippen LogP) is 3.13. The van der Waals surface area contributed by atoms with Gasteiger partial charge in [0.1, 0.15) is 5.76 Å². The molecular weight excluding hydrogens is 300 g/mol. The molecule has 0 spiro atoms. The molecule has 0 N–H and O–H groups in total. The van der Waals surface area contributed by atoms with Crippen LogP contribution in [0.5, 0.6) is 0 Å². The van der Waals surface area contributed by atoms with Crippen LogP contribution in [-0.2, 0) is 12.8 Å². The Morgan fingerprint density at radius 3 is 2.89 bits per heavy atom. The Morgan fingerprint density at radius 2 is 2.17 bits per heavy atom. The Balaban J connectivity index is 2.00. The van der Waals surface area contributed by atoms with Crippen molar-refractivity contribution in [3.8, 4) is 0 Å². The number of benzene rings is 1. The second-order valence-electron chi connectivity index (χ2n) is 3.70. The normalized spacial score (nSPS) is 10.3. The zero-order valence-electron chi connectivity index (χ0n) is 9.30. The minimum atomic E-state index is -0.910. The van der Waals surface area contributed by atoms with Crippen molar-refractivity contribution in [2.45, 2.75) is 12.8 Å². The molecule has 0 aliphatic carbocycles. The first kappa shape index (κ1) is 12.6. The molecule has 0 aliphatic heterocycles. The number of rotatable bonds is 4. The van der Waals surface area contributed by atoms with Crippen LogP contribution < -0.4 is 0 Å². The van der Waals surface area contributed by atoms with Crippen molar-refractivity contribution < 1.29 is 9.32 Å². The summed E-state index contributed by atoms with van der Waals surface area (Å²) in [6.45, 7) is 0. The predicted molar refractivity (Wildman–Crippen MR) is 68.2 cm³/mol. The van der Waals surface area contributed by atoms with Crippen molar-refractivity contribution in [3.63, 3.8) is 0 Å². The maximum Gasteiger partial charge on any atom is 0.338 e. The molecule has 6 heteroatoms. The molecule has 0 fully saturated rings. The molecule has 0 aliphatic rings. The van der Waals surface area contributed by atoms with Crippen LogP contribution in [-0.4, -0.2) is 11.1 Å². The first-order chi connectivity index (χ1) is 8.69. The molecule has 2 rings (SSSR count). The van der Waals surface area contributed by atoms with Crippen molar-refractivity contribution in [1.29, 1.82) is 0 Å². The highest BCUT2D eigenvalue weighted by Gasteiger charge is 2.12. The Kier molecular flexibility index (Phi) is 3.99. The summed E-state index contributed by atoms with van der Waals surface area (Å²) in [7, 11) is 0. The number of amides is 1. The Labute approximate surface area is 111 Å². The van der Waals surface area contributed by atoms with Gasteiger partial charge in [-0.1, -0.05) is 33.2 Å². The van der Waals surface area contributed by atoms with Crippen molar-refractivity contribution in [2.75, 3.05) is 0 Å². The smallest absolute Gasteiger partial charge is 0.338 e. The van der Waals surface area contributed by atoms with E-state index in [1.165, 1.54) is 6.07 Å². The summed E-state index contributed by atoms with van der Waals surface area (Å²) in [6.07, 6.45) is 1.37. The molecule has 0 bridgehead atoms. The molecule has 0 saturated carbocycles. The fraction of sp³-hybridized carbons (Fsp3) is 0.167. The van der Waals surface area contributed by atoms with Crippen LogP contribution in [0.4, 0.5) is 0 Å². The topological polar surface area (TPSA) is 72.5 Å². The molecule has 1 heterocycles. The molecule has 0 saturated heterocycles. The molecule has 2 aromatic rings. The summed E-state index contributed by atoms with van der Waals surface area (Å²) in [5, 5.41) is 5.77. The van der Waals surface area contributed by atoms with E-state index in [1.54, 1.807) is 0 Å². The van der Waals surface area contributed by atoms with E-state index in [0.717, 1.165) is 16.5 Å². The van der Waals surface area contributed by atoms with Crippen LogP contribution >= 0.6 is 15.9 Å². The SMILES string of the molecule is O=NC(=O)c1cc(CCc2cccc(Br)c2)on1. The summed E-state index contributed by atoms with van der Waals surface area (Å²) in [5.41, 5.74) is 1.09. The third kappa shape index (κ3) is 3.10. The second-order valence-corrected chi connectivity index (χ2v) is 4.62. The summed E-state index contributed by atoms with van der Waals surface area (Å²) in [5.74, 6) is -0.352. The van der Waals surface area contributed by atoms with Crippen LogP contribution in [0.3, 0.4) is 0 Å². The maximum atomic E-state index is 10.9. The highest BCUT2D eigenvalue weighted by molar-refractivity contribution is 9.10. The largest absolute Gasteiger partial charge is 0.361 e. The van der Waals surface area contributed by atoms with Gasteiger partial charge < -0.3 is 4.52 Å². The van der Waals surface area contributed by atoms with Crippen molar-refractivity contribution in [2.24, 2.45) is 5.18 Å². The van der Waals surface area contributed by atoms with Gasteiger partial charge in [0.25, 0.3) is 0 Å². The number of nitrogens with zero attached hydrogens (tertiary/aromatic N) is 2. The second kappa shape index (κ2) is 5.68. The fourth-order valence-corrected chi connectivity index (χ4v) is 1.99. The van der Waals surface area contributed by atoms with Gasteiger partial charge in [-0.05, 0) is 24.1 Å². The highest BCUT2D eigenvalue weighted by Crippen LogP contribution is 2.14. The first-order valence-corrected chi connectivity index (χ1v) is 6.06. The molecule has 1 aromatic carbocycles. The fourth-order valence-electron chi connectivity index (χ4n) is 1.54. The minimum Gasteiger partial charge on any atom is -0.361 e. The Hall–Kier alpha value is -1.82. The van der Waals surface area contributed by atoms with E-state index in [-0.39, 0.29) is 5.69 Å². The van der Waals surface area contributed by atoms with Gasteiger partial charge in [-0.2, -0.15) is 0 Å². The molecule has 0 atom stereocenters. The van der Waals surface area contributed by atoms with Crippen LogP contribution in [0.15, 0.2) is 44.5 Å². The van der Waals surface area contributed by atoms with Gasteiger partial charge in [-0.3, -0.25) is 4.79 Å². The summed E-state index contributed by atoms with van der Waals surface area (Å²) in [4.78, 5) is 21.0. The zero-order chi connectivity index (χ0) is 13.0. The lowest BCUT2D eigenvalue weighted by Crippen LogP contribution is -1.92. The quantitative estimate of drug-likeness (QED) is 0.813. The lowest BCUT2D eigenvalue weighted by molar-refractivity contribution is 0.0992. The van der Waals surface area contributed by atoms with Gasteiger partial charge in [0.15, 0.2) is 5.69 Å². The Morgan fingerprint density at radius 1 is 1.33 bits per heavy atom. The molecule has 92 valence electrons. The molecule has 1 aromatic heterocycles. The number of carbonyl (C=O) groups is 1. The maximum absolute atomic E-state index is 10.9. The first-order valence-electron chi connectivity index (χ1n) is 5.27. The van der Waals surface area contributed by atoms with E-state index in [1.807, 2.05) is 24.3 Å². The summed E-state index contributed by atoms with van der Waals surface area (Å²) >= 11 is 3.39. The van der Waals surface area contributed by atoms with Crippen molar-refractivity contribution in [3.05, 3.63) is 56.7 Å². The number of halogens is 1.